The Bertz CT molecular complexity index is 701. The minimum atomic E-state index is -0.182. The maximum absolute atomic E-state index is 12.1. The summed E-state index contributed by atoms with van der Waals surface area (Å²) < 4.78 is 5.16. The van der Waals surface area contributed by atoms with Gasteiger partial charge in [0.2, 0.25) is 11.8 Å². The van der Waals surface area contributed by atoms with E-state index in [9.17, 15) is 4.79 Å². The van der Waals surface area contributed by atoms with Crippen LogP contribution in [0, 0.1) is 0 Å². The van der Waals surface area contributed by atoms with Crippen molar-refractivity contribution in [1.29, 1.82) is 0 Å². The van der Waals surface area contributed by atoms with Gasteiger partial charge in [-0.3, -0.25) is 4.79 Å². The summed E-state index contributed by atoms with van der Waals surface area (Å²) in [5.41, 5.74) is 0.841. The molecule has 1 aromatic heterocycles. The topological polar surface area (TPSA) is 68.0 Å². The highest BCUT2D eigenvalue weighted by Crippen LogP contribution is 2.26. The van der Waals surface area contributed by atoms with Crippen molar-refractivity contribution in [3.63, 3.8) is 0 Å². The third kappa shape index (κ3) is 5.21. The van der Waals surface area contributed by atoms with E-state index in [1.807, 2.05) is 26.8 Å². The van der Waals surface area contributed by atoms with E-state index in [4.69, 9.17) is 27.7 Å². The molecule has 5 nitrogen and oxygen atoms in total. The van der Waals surface area contributed by atoms with Crippen LogP contribution in [0.15, 0.2) is 22.7 Å². The fourth-order valence-corrected chi connectivity index (χ4v) is 2.82. The Labute approximate surface area is 151 Å². The molecule has 0 aliphatic heterocycles. The highest BCUT2D eigenvalue weighted by molar-refractivity contribution is 6.35. The first-order chi connectivity index (χ1) is 11.4. The van der Waals surface area contributed by atoms with Gasteiger partial charge in [0.05, 0.1) is 6.04 Å². The van der Waals surface area contributed by atoms with Crippen LogP contribution in [-0.2, 0) is 11.2 Å². The number of aromatic nitrogens is 2. The number of amides is 1. The maximum Gasteiger partial charge on any atom is 0.226 e. The van der Waals surface area contributed by atoms with Crippen LogP contribution in [0.5, 0.6) is 0 Å². The molecule has 0 spiro atoms. The number of rotatable bonds is 7. The summed E-state index contributed by atoms with van der Waals surface area (Å²) in [6, 6.07) is 5.07. The molecule has 0 radical (unpaired) electrons. The number of aryl methyl sites for hydroxylation is 1. The summed E-state index contributed by atoms with van der Waals surface area (Å²) in [5, 5.41) is 7.95. The van der Waals surface area contributed by atoms with E-state index < -0.39 is 0 Å². The smallest absolute Gasteiger partial charge is 0.226 e. The normalized spacial score (nSPS) is 12.4. The number of benzene rings is 1. The number of nitrogens with zero attached hydrogens (tertiary/aromatic N) is 2. The SMILES string of the molecule is CC(C)c1noc(CCCC(=O)NC(C)c2ccc(Cl)cc2Cl)n1. The van der Waals surface area contributed by atoms with Gasteiger partial charge in [-0.25, -0.2) is 0 Å². The molecular weight excluding hydrogens is 349 g/mol. The Kier molecular flexibility index (Phi) is 6.63. The quantitative estimate of drug-likeness (QED) is 0.767. The average Bonchev–Trinajstić information content (AvgIpc) is 2.96. The van der Waals surface area contributed by atoms with Crippen molar-refractivity contribution in [2.45, 2.75) is 52.0 Å². The Morgan fingerprint density at radius 3 is 2.67 bits per heavy atom. The Hall–Kier alpha value is -1.59. The minimum absolute atomic E-state index is 0.0443. The van der Waals surface area contributed by atoms with E-state index in [1.165, 1.54) is 0 Å². The Morgan fingerprint density at radius 1 is 1.29 bits per heavy atom. The number of halogens is 2. The summed E-state index contributed by atoms with van der Waals surface area (Å²) in [5.74, 6) is 1.45. The lowest BCUT2D eigenvalue weighted by atomic mass is 10.1. The van der Waals surface area contributed by atoms with Crippen LogP contribution in [0.25, 0.3) is 0 Å². The molecule has 130 valence electrons. The molecule has 0 fully saturated rings. The lowest BCUT2D eigenvalue weighted by Gasteiger charge is -2.15. The molecule has 0 aliphatic rings. The van der Waals surface area contributed by atoms with Crippen LogP contribution in [0.2, 0.25) is 10.0 Å². The van der Waals surface area contributed by atoms with Gasteiger partial charge in [-0.1, -0.05) is 48.3 Å². The van der Waals surface area contributed by atoms with Gasteiger partial charge < -0.3 is 9.84 Å². The van der Waals surface area contributed by atoms with Crippen molar-refractivity contribution in [3.05, 3.63) is 45.5 Å². The van der Waals surface area contributed by atoms with Crippen LogP contribution in [0.1, 0.15) is 62.9 Å². The van der Waals surface area contributed by atoms with Gasteiger partial charge in [0.15, 0.2) is 5.82 Å². The number of carbonyl (C=O) groups excluding carboxylic acids is 1. The molecule has 0 saturated carbocycles. The molecule has 2 rings (SSSR count). The largest absolute Gasteiger partial charge is 0.350 e. The van der Waals surface area contributed by atoms with E-state index >= 15 is 0 Å². The van der Waals surface area contributed by atoms with E-state index in [0.717, 1.165) is 5.56 Å². The maximum atomic E-state index is 12.1. The molecule has 0 saturated heterocycles. The number of hydrogen-bond acceptors (Lipinski definition) is 4. The summed E-state index contributed by atoms with van der Waals surface area (Å²) in [4.78, 5) is 16.4. The van der Waals surface area contributed by atoms with Crippen LogP contribution < -0.4 is 5.32 Å². The number of carbonyl (C=O) groups is 1. The van der Waals surface area contributed by atoms with Crippen molar-refractivity contribution in [2.75, 3.05) is 0 Å². The van der Waals surface area contributed by atoms with E-state index in [2.05, 4.69) is 15.5 Å². The molecule has 0 aliphatic carbocycles. The second-order valence-electron chi connectivity index (χ2n) is 6.01. The summed E-state index contributed by atoms with van der Waals surface area (Å²) >= 11 is 12.0. The standard InChI is InChI=1S/C17H21Cl2N3O2/c1-10(2)17-21-16(24-22-17)6-4-5-15(23)20-11(3)13-8-7-12(18)9-14(13)19/h7-11H,4-6H2,1-3H3,(H,20,23). The second kappa shape index (κ2) is 8.49. The van der Waals surface area contributed by atoms with E-state index in [0.29, 0.717) is 41.0 Å². The molecule has 1 atom stereocenters. The van der Waals surface area contributed by atoms with Crippen molar-refractivity contribution >= 4 is 29.1 Å². The monoisotopic (exact) mass is 369 g/mol. The Balaban J connectivity index is 1.80. The predicted molar refractivity (Wildman–Crippen MR) is 94.3 cm³/mol. The van der Waals surface area contributed by atoms with Gasteiger partial charge in [-0.2, -0.15) is 4.98 Å². The first-order valence-electron chi connectivity index (χ1n) is 7.93. The highest BCUT2D eigenvalue weighted by Gasteiger charge is 2.14. The van der Waals surface area contributed by atoms with E-state index in [-0.39, 0.29) is 17.9 Å². The first kappa shape index (κ1) is 18.7. The van der Waals surface area contributed by atoms with Crippen LogP contribution >= 0.6 is 23.2 Å². The lowest BCUT2D eigenvalue weighted by Crippen LogP contribution is -2.26. The zero-order valence-electron chi connectivity index (χ0n) is 14.0. The zero-order chi connectivity index (χ0) is 17.7. The molecule has 24 heavy (non-hydrogen) atoms. The van der Waals surface area contributed by atoms with Crippen molar-refractivity contribution in [2.24, 2.45) is 0 Å². The third-order valence-electron chi connectivity index (χ3n) is 3.60. The van der Waals surface area contributed by atoms with Crippen molar-refractivity contribution in [1.82, 2.24) is 15.5 Å². The molecular formula is C17H21Cl2N3O2. The van der Waals surface area contributed by atoms with Gasteiger partial charge in [0, 0.05) is 28.8 Å². The molecule has 2 aromatic rings. The second-order valence-corrected chi connectivity index (χ2v) is 6.85. The molecule has 1 heterocycles. The van der Waals surface area contributed by atoms with Gasteiger partial charge in [0.25, 0.3) is 0 Å². The molecule has 1 N–H and O–H groups in total. The fourth-order valence-electron chi connectivity index (χ4n) is 2.25. The Morgan fingerprint density at radius 2 is 2.04 bits per heavy atom. The molecule has 1 unspecified atom stereocenters. The molecule has 7 heteroatoms. The van der Waals surface area contributed by atoms with Gasteiger partial charge in [0.1, 0.15) is 0 Å². The third-order valence-corrected chi connectivity index (χ3v) is 4.16. The zero-order valence-corrected chi connectivity index (χ0v) is 15.5. The van der Waals surface area contributed by atoms with Gasteiger partial charge in [-0.15, -0.1) is 0 Å². The van der Waals surface area contributed by atoms with Crippen LogP contribution in [0.3, 0.4) is 0 Å². The summed E-state index contributed by atoms with van der Waals surface area (Å²) in [7, 11) is 0. The number of nitrogens with one attached hydrogen (secondary N) is 1. The highest BCUT2D eigenvalue weighted by atomic mass is 35.5. The van der Waals surface area contributed by atoms with Crippen LogP contribution in [-0.4, -0.2) is 16.0 Å². The van der Waals surface area contributed by atoms with Crippen molar-refractivity contribution < 1.29 is 9.32 Å². The first-order valence-corrected chi connectivity index (χ1v) is 8.69. The van der Waals surface area contributed by atoms with Gasteiger partial charge >= 0.3 is 0 Å². The van der Waals surface area contributed by atoms with Crippen LogP contribution in [0.4, 0.5) is 0 Å². The summed E-state index contributed by atoms with van der Waals surface area (Å²) in [6.45, 7) is 5.90. The number of hydrogen-bond donors (Lipinski definition) is 1. The molecule has 1 amide bonds. The van der Waals surface area contributed by atoms with Gasteiger partial charge in [-0.05, 0) is 31.0 Å². The van der Waals surface area contributed by atoms with Crippen molar-refractivity contribution in [3.8, 4) is 0 Å². The predicted octanol–water partition coefficient (Wildman–Crippen LogP) is 4.70. The van der Waals surface area contributed by atoms with E-state index in [1.54, 1.807) is 12.1 Å². The fraction of sp³-hybridized carbons (Fsp3) is 0.471. The summed E-state index contributed by atoms with van der Waals surface area (Å²) in [6.07, 6.45) is 1.62. The molecule has 0 bridgehead atoms. The molecule has 1 aromatic carbocycles. The lowest BCUT2D eigenvalue weighted by molar-refractivity contribution is -0.121. The minimum Gasteiger partial charge on any atom is -0.350 e. The average molecular weight is 370 g/mol.